The number of aromatic amines is 1. The van der Waals surface area contributed by atoms with Gasteiger partial charge in [0, 0.05) is 6.42 Å². The molecule has 5 heteroatoms. The van der Waals surface area contributed by atoms with Crippen LogP contribution in [0.1, 0.15) is 5.82 Å². The third-order valence-electron chi connectivity index (χ3n) is 1.79. The molecule has 5 nitrogen and oxygen atoms in total. The van der Waals surface area contributed by atoms with Crippen molar-refractivity contribution in [2.45, 2.75) is 6.42 Å². The molecule has 2 aromatic rings. The Morgan fingerprint density at radius 2 is 2.43 bits per heavy atom. The quantitative estimate of drug-likeness (QED) is 0.736. The summed E-state index contributed by atoms with van der Waals surface area (Å²) in [5.74, 6) is 0.831. The minimum absolute atomic E-state index is 0.328. The second kappa shape index (κ2) is 3.45. The van der Waals surface area contributed by atoms with Gasteiger partial charge in [0.05, 0.1) is 13.3 Å². The Morgan fingerprint density at radius 3 is 3.14 bits per heavy atom. The van der Waals surface area contributed by atoms with Crippen LogP contribution in [-0.4, -0.2) is 27.0 Å². The summed E-state index contributed by atoms with van der Waals surface area (Å²) in [5.41, 5.74) is 1.43. The third kappa shape index (κ3) is 1.44. The van der Waals surface area contributed by atoms with E-state index < -0.39 is 0 Å². The van der Waals surface area contributed by atoms with E-state index in [0.29, 0.717) is 18.1 Å². The molecule has 0 atom stereocenters. The number of hydrogen-bond donors (Lipinski definition) is 1. The molecule has 72 valence electrons. The van der Waals surface area contributed by atoms with Gasteiger partial charge in [-0.2, -0.15) is 4.98 Å². The lowest BCUT2D eigenvalue weighted by Gasteiger charge is -1.93. The van der Waals surface area contributed by atoms with E-state index in [0.717, 1.165) is 11.3 Å². The van der Waals surface area contributed by atoms with Crippen molar-refractivity contribution in [1.29, 1.82) is 0 Å². The highest BCUT2D eigenvalue weighted by molar-refractivity contribution is 5.69. The van der Waals surface area contributed by atoms with Gasteiger partial charge in [0.15, 0.2) is 5.65 Å². The molecule has 0 aliphatic carbocycles. The van der Waals surface area contributed by atoms with Crippen molar-refractivity contribution in [2.24, 2.45) is 0 Å². The van der Waals surface area contributed by atoms with Crippen LogP contribution in [0.5, 0.6) is 6.01 Å². The highest BCUT2D eigenvalue weighted by Gasteiger charge is 2.04. The Kier molecular flexibility index (Phi) is 2.14. The van der Waals surface area contributed by atoms with Gasteiger partial charge in [0.1, 0.15) is 11.3 Å². The smallest absolute Gasteiger partial charge is 0.318 e. The van der Waals surface area contributed by atoms with Gasteiger partial charge in [0.25, 0.3) is 0 Å². The molecule has 0 aromatic carbocycles. The van der Waals surface area contributed by atoms with Gasteiger partial charge in [-0.1, -0.05) is 6.08 Å². The first kappa shape index (κ1) is 8.68. The zero-order chi connectivity index (χ0) is 9.97. The van der Waals surface area contributed by atoms with Crippen LogP contribution in [0.15, 0.2) is 18.9 Å². The van der Waals surface area contributed by atoms with Crippen molar-refractivity contribution in [3.05, 3.63) is 24.7 Å². The highest BCUT2D eigenvalue weighted by atomic mass is 16.5. The van der Waals surface area contributed by atoms with Crippen LogP contribution in [0.4, 0.5) is 0 Å². The predicted octanol–water partition coefficient (Wildman–Crippen LogP) is 1.09. The Balaban J connectivity index is 2.48. The lowest BCUT2D eigenvalue weighted by atomic mass is 10.4. The summed E-state index contributed by atoms with van der Waals surface area (Å²) in [7, 11) is 1.53. The average molecular weight is 190 g/mol. The fraction of sp³-hybridized carbons (Fsp3) is 0.222. The maximum absolute atomic E-state index is 4.90. The first-order valence-electron chi connectivity index (χ1n) is 4.20. The van der Waals surface area contributed by atoms with E-state index in [1.165, 1.54) is 7.11 Å². The molecule has 0 aliphatic heterocycles. The number of H-pyrrole nitrogens is 1. The summed E-state index contributed by atoms with van der Waals surface area (Å²) in [6.07, 6.45) is 4.13. The van der Waals surface area contributed by atoms with Gasteiger partial charge in [-0.25, -0.2) is 9.97 Å². The molecular formula is C9H10N4O. The number of rotatable bonds is 3. The first-order chi connectivity index (χ1) is 6.83. The van der Waals surface area contributed by atoms with Crippen molar-refractivity contribution in [3.8, 4) is 6.01 Å². The summed E-state index contributed by atoms with van der Waals surface area (Å²) < 4.78 is 4.90. The molecular weight excluding hydrogens is 180 g/mol. The number of aromatic nitrogens is 4. The second-order valence-electron chi connectivity index (χ2n) is 2.77. The average Bonchev–Trinajstić information content (AvgIpc) is 2.59. The highest BCUT2D eigenvalue weighted by Crippen LogP contribution is 2.11. The van der Waals surface area contributed by atoms with Gasteiger partial charge >= 0.3 is 6.01 Å². The van der Waals surface area contributed by atoms with Gasteiger partial charge < -0.3 is 9.72 Å². The van der Waals surface area contributed by atoms with Crippen LogP contribution in [0, 0.1) is 0 Å². The van der Waals surface area contributed by atoms with Gasteiger partial charge in [0.2, 0.25) is 0 Å². The van der Waals surface area contributed by atoms with E-state index in [1.54, 1.807) is 12.3 Å². The van der Waals surface area contributed by atoms with E-state index in [2.05, 4.69) is 26.5 Å². The van der Waals surface area contributed by atoms with Crippen molar-refractivity contribution in [2.75, 3.05) is 7.11 Å². The number of allylic oxidation sites excluding steroid dienone is 1. The third-order valence-corrected chi connectivity index (χ3v) is 1.79. The van der Waals surface area contributed by atoms with E-state index in [1.807, 2.05) is 0 Å². The van der Waals surface area contributed by atoms with Crippen molar-refractivity contribution in [3.63, 3.8) is 0 Å². The largest absolute Gasteiger partial charge is 0.467 e. The maximum Gasteiger partial charge on any atom is 0.318 e. The number of ether oxygens (including phenoxy) is 1. The fourth-order valence-corrected chi connectivity index (χ4v) is 1.17. The molecule has 0 aliphatic rings. The molecule has 0 spiro atoms. The van der Waals surface area contributed by atoms with E-state index in [4.69, 9.17) is 4.74 Å². The number of nitrogens with one attached hydrogen (secondary N) is 1. The van der Waals surface area contributed by atoms with E-state index >= 15 is 0 Å². The first-order valence-corrected chi connectivity index (χ1v) is 4.20. The minimum atomic E-state index is 0.328. The molecule has 14 heavy (non-hydrogen) atoms. The Morgan fingerprint density at radius 1 is 1.57 bits per heavy atom. The topological polar surface area (TPSA) is 63.7 Å². The Bertz CT molecular complexity index is 463. The van der Waals surface area contributed by atoms with Crippen molar-refractivity contribution in [1.82, 2.24) is 19.9 Å². The van der Waals surface area contributed by atoms with Crippen LogP contribution < -0.4 is 4.74 Å². The normalized spacial score (nSPS) is 10.4. The molecule has 0 unspecified atom stereocenters. The molecule has 0 amide bonds. The summed E-state index contributed by atoms with van der Waals surface area (Å²) in [4.78, 5) is 15.4. The number of methoxy groups -OCH3 is 1. The molecule has 0 saturated heterocycles. The number of hydrogen-bond acceptors (Lipinski definition) is 4. The zero-order valence-electron chi connectivity index (χ0n) is 7.82. The monoisotopic (exact) mass is 190 g/mol. The standard InChI is InChI=1S/C9H10N4O/c1-3-4-7-11-6-5-10-9(14-2)13-8(6)12-7/h3,5H,1,4H2,2H3,(H,10,11,12,13). The summed E-state index contributed by atoms with van der Waals surface area (Å²) >= 11 is 0. The molecule has 0 radical (unpaired) electrons. The summed E-state index contributed by atoms with van der Waals surface area (Å²) in [5, 5.41) is 0. The Hall–Kier alpha value is -1.91. The molecule has 0 fully saturated rings. The zero-order valence-corrected chi connectivity index (χ0v) is 7.82. The number of nitrogens with zero attached hydrogens (tertiary/aromatic N) is 3. The summed E-state index contributed by atoms with van der Waals surface area (Å²) in [6.45, 7) is 3.64. The molecule has 2 rings (SSSR count). The summed E-state index contributed by atoms with van der Waals surface area (Å²) in [6, 6.07) is 0.328. The second-order valence-corrected chi connectivity index (χ2v) is 2.77. The lowest BCUT2D eigenvalue weighted by molar-refractivity contribution is 0.381. The van der Waals surface area contributed by atoms with Gasteiger partial charge in [-0.05, 0) is 0 Å². The molecule has 2 heterocycles. The minimum Gasteiger partial charge on any atom is -0.467 e. The van der Waals surface area contributed by atoms with Crippen LogP contribution in [-0.2, 0) is 6.42 Å². The van der Waals surface area contributed by atoms with Crippen LogP contribution in [0.3, 0.4) is 0 Å². The number of fused-ring (bicyclic) bond motifs is 1. The fourth-order valence-electron chi connectivity index (χ4n) is 1.17. The number of imidazole rings is 1. The SMILES string of the molecule is C=CCc1nc2nc(OC)ncc2[nH]1. The van der Waals surface area contributed by atoms with Crippen molar-refractivity contribution < 1.29 is 4.74 Å². The van der Waals surface area contributed by atoms with E-state index in [-0.39, 0.29) is 0 Å². The molecule has 0 saturated carbocycles. The Labute approximate surface area is 80.9 Å². The van der Waals surface area contributed by atoms with Crippen LogP contribution in [0.2, 0.25) is 0 Å². The van der Waals surface area contributed by atoms with E-state index in [9.17, 15) is 0 Å². The maximum atomic E-state index is 4.90. The lowest BCUT2D eigenvalue weighted by Crippen LogP contribution is -1.90. The molecule has 1 N–H and O–H groups in total. The molecule has 2 aromatic heterocycles. The van der Waals surface area contributed by atoms with Crippen LogP contribution in [0.25, 0.3) is 11.2 Å². The predicted molar refractivity (Wildman–Crippen MR) is 52.1 cm³/mol. The van der Waals surface area contributed by atoms with Gasteiger partial charge in [-0.15, -0.1) is 6.58 Å². The van der Waals surface area contributed by atoms with Gasteiger partial charge in [-0.3, -0.25) is 0 Å². The van der Waals surface area contributed by atoms with Crippen molar-refractivity contribution >= 4 is 11.2 Å². The molecule has 0 bridgehead atoms. The van der Waals surface area contributed by atoms with Crippen LogP contribution >= 0.6 is 0 Å².